The number of nitrogens with zero attached hydrogens (tertiary/aromatic N) is 4. The average molecular weight is 315 g/mol. The molecule has 0 amide bonds. The Balaban J connectivity index is 1.64. The molecule has 2 aromatic heterocycles. The molecule has 0 bridgehead atoms. The number of halogens is 1. The van der Waals surface area contributed by atoms with Crippen LogP contribution in [0.1, 0.15) is 25.5 Å². The summed E-state index contributed by atoms with van der Waals surface area (Å²) in [5.74, 6) is 0.666. The average Bonchev–Trinajstić information content (AvgIpc) is 3.01. The molecule has 1 N–H and O–H groups in total. The molecule has 0 aliphatic rings. The Kier molecular flexibility index (Phi) is 4.36. The van der Waals surface area contributed by atoms with Crippen molar-refractivity contribution in [3.05, 3.63) is 48.2 Å². The Morgan fingerprint density at radius 3 is 2.78 bits per heavy atom. The number of benzene rings is 1. The number of fused-ring (bicyclic) bond motifs is 1. The number of aromatic nitrogens is 4. The number of rotatable bonds is 6. The normalized spacial score (nSPS) is 11.1. The molecule has 7 heteroatoms. The van der Waals surface area contributed by atoms with Gasteiger partial charge in [0.25, 0.3) is 0 Å². The highest BCUT2D eigenvalue weighted by Crippen LogP contribution is 2.19. The molecule has 0 saturated carbocycles. The highest BCUT2D eigenvalue weighted by atomic mass is 19.1. The molecule has 0 spiro atoms. The minimum Gasteiger partial charge on any atom is -0.492 e. The summed E-state index contributed by atoms with van der Waals surface area (Å²) in [6, 6.07) is 7.94. The van der Waals surface area contributed by atoms with E-state index in [1.807, 2.05) is 6.07 Å². The smallest absolute Gasteiger partial charge is 0.200 e. The van der Waals surface area contributed by atoms with Crippen LogP contribution in [0.5, 0.6) is 5.75 Å². The molecule has 2 heterocycles. The first-order chi connectivity index (χ1) is 11.1. The summed E-state index contributed by atoms with van der Waals surface area (Å²) >= 11 is 0. The van der Waals surface area contributed by atoms with E-state index in [-0.39, 0.29) is 5.82 Å². The van der Waals surface area contributed by atoms with E-state index in [9.17, 15) is 4.39 Å². The Morgan fingerprint density at radius 1 is 1.26 bits per heavy atom. The van der Waals surface area contributed by atoms with Gasteiger partial charge in [-0.2, -0.15) is 9.61 Å². The summed E-state index contributed by atoms with van der Waals surface area (Å²) in [7, 11) is 0. The quantitative estimate of drug-likeness (QED) is 0.709. The minimum atomic E-state index is -0.275. The molecule has 23 heavy (non-hydrogen) atoms. The van der Waals surface area contributed by atoms with Gasteiger partial charge in [-0.3, -0.25) is 0 Å². The predicted molar refractivity (Wildman–Crippen MR) is 85.3 cm³/mol. The van der Waals surface area contributed by atoms with E-state index in [1.165, 1.54) is 12.1 Å². The molecule has 1 aromatic carbocycles. The minimum absolute atomic E-state index is 0.275. The molecule has 0 aliphatic heterocycles. The molecule has 0 saturated heterocycles. The van der Waals surface area contributed by atoms with Gasteiger partial charge in [-0.05, 0) is 36.2 Å². The largest absolute Gasteiger partial charge is 0.492 e. The highest BCUT2D eigenvalue weighted by molar-refractivity contribution is 5.66. The summed E-state index contributed by atoms with van der Waals surface area (Å²) < 4.78 is 20.1. The fourth-order valence-corrected chi connectivity index (χ4v) is 2.14. The Labute approximate surface area is 133 Å². The van der Waals surface area contributed by atoms with Gasteiger partial charge < -0.3 is 10.1 Å². The molecule has 6 nitrogen and oxygen atoms in total. The van der Waals surface area contributed by atoms with Crippen molar-refractivity contribution in [1.29, 1.82) is 0 Å². The summed E-state index contributed by atoms with van der Waals surface area (Å²) in [5, 5.41) is 15.7. The molecule has 0 fully saturated rings. The molecule has 0 unspecified atom stereocenters. The van der Waals surface area contributed by atoms with Crippen molar-refractivity contribution >= 4 is 11.3 Å². The molecule has 3 aromatic rings. The van der Waals surface area contributed by atoms with E-state index in [4.69, 9.17) is 4.74 Å². The zero-order chi connectivity index (χ0) is 16.2. The van der Waals surface area contributed by atoms with E-state index >= 15 is 0 Å². The third-order valence-corrected chi connectivity index (χ3v) is 3.38. The Hall–Kier alpha value is -2.70. The van der Waals surface area contributed by atoms with Crippen LogP contribution < -0.4 is 10.1 Å². The maximum atomic E-state index is 12.8. The first-order valence-electron chi connectivity index (χ1n) is 7.46. The SMILES string of the molecule is CC(C)c1cc(NCCOc2ccc(F)cc2)c2nncn2n1. The number of nitrogens with one attached hydrogen (secondary N) is 1. The van der Waals surface area contributed by atoms with Crippen molar-refractivity contribution in [1.82, 2.24) is 19.8 Å². The van der Waals surface area contributed by atoms with E-state index in [1.54, 1.807) is 23.0 Å². The van der Waals surface area contributed by atoms with E-state index in [0.717, 1.165) is 11.4 Å². The molecule has 3 rings (SSSR count). The monoisotopic (exact) mass is 315 g/mol. The lowest BCUT2D eigenvalue weighted by molar-refractivity contribution is 0.332. The van der Waals surface area contributed by atoms with E-state index in [0.29, 0.717) is 30.5 Å². The maximum Gasteiger partial charge on any atom is 0.200 e. The first-order valence-corrected chi connectivity index (χ1v) is 7.46. The molecule has 0 aliphatic carbocycles. The molecule has 0 atom stereocenters. The predicted octanol–water partition coefficient (Wildman–Crippen LogP) is 2.88. The molecular formula is C16H18FN5O. The van der Waals surface area contributed by atoms with Crippen molar-refractivity contribution in [3.63, 3.8) is 0 Å². The van der Waals surface area contributed by atoms with E-state index in [2.05, 4.69) is 34.5 Å². The van der Waals surface area contributed by atoms with Crippen molar-refractivity contribution < 1.29 is 9.13 Å². The fourth-order valence-electron chi connectivity index (χ4n) is 2.14. The highest BCUT2D eigenvalue weighted by Gasteiger charge is 2.10. The van der Waals surface area contributed by atoms with Crippen LogP contribution in [0.4, 0.5) is 10.1 Å². The molecule has 0 radical (unpaired) electrons. The van der Waals surface area contributed by atoms with Crippen LogP contribution in [0.15, 0.2) is 36.7 Å². The Morgan fingerprint density at radius 2 is 2.04 bits per heavy atom. The van der Waals surface area contributed by atoms with Gasteiger partial charge in [0.05, 0.1) is 11.4 Å². The maximum absolute atomic E-state index is 12.8. The zero-order valence-corrected chi connectivity index (χ0v) is 13.0. The molecule has 120 valence electrons. The van der Waals surface area contributed by atoms with Gasteiger partial charge in [0, 0.05) is 6.54 Å². The van der Waals surface area contributed by atoms with Crippen LogP contribution in [0.25, 0.3) is 5.65 Å². The summed E-state index contributed by atoms with van der Waals surface area (Å²) in [5.41, 5.74) is 2.50. The summed E-state index contributed by atoms with van der Waals surface area (Å²) in [6.45, 7) is 5.20. The third-order valence-electron chi connectivity index (χ3n) is 3.38. The fraction of sp³-hybridized carbons (Fsp3) is 0.312. The van der Waals surface area contributed by atoms with Crippen LogP contribution in [0.3, 0.4) is 0 Å². The first kappa shape index (κ1) is 15.2. The lowest BCUT2D eigenvalue weighted by Gasteiger charge is -2.11. The zero-order valence-electron chi connectivity index (χ0n) is 13.0. The summed E-state index contributed by atoms with van der Waals surface area (Å²) in [6.07, 6.45) is 1.58. The second-order valence-electron chi connectivity index (χ2n) is 5.47. The van der Waals surface area contributed by atoms with Gasteiger partial charge >= 0.3 is 0 Å². The van der Waals surface area contributed by atoms with Crippen LogP contribution in [0, 0.1) is 5.82 Å². The van der Waals surface area contributed by atoms with Crippen LogP contribution in [0.2, 0.25) is 0 Å². The van der Waals surface area contributed by atoms with Gasteiger partial charge in [0.1, 0.15) is 24.5 Å². The van der Waals surface area contributed by atoms with Gasteiger partial charge in [-0.15, -0.1) is 10.2 Å². The van der Waals surface area contributed by atoms with Crippen molar-refractivity contribution in [2.24, 2.45) is 0 Å². The van der Waals surface area contributed by atoms with Crippen LogP contribution >= 0.6 is 0 Å². The van der Waals surface area contributed by atoms with Crippen molar-refractivity contribution in [2.75, 3.05) is 18.5 Å². The second-order valence-corrected chi connectivity index (χ2v) is 5.47. The lowest BCUT2D eigenvalue weighted by Crippen LogP contribution is -2.13. The van der Waals surface area contributed by atoms with Gasteiger partial charge in [-0.25, -0.2) is 4.39 Å². The standard InChI is InChI=1S/C16H18FN5O/c1-11(2)14-9-15(16-20-19-10-22(16)21-14)18-7-8-23-13-5-3-12(17)4-6-13/h3-6,9-11,18H,7-8H2,1-2H3. The van der Waals surface area contributed by atoms with Gasteiger partial charge in [0.15, 0.2) is 0 Å². The van der Waals surface area contributed by atoms with Gasteiger partial charge in [0.2, 0.25) is 5.65 Å². The van der Waals surface area contributed by atoms with Crippen LogP contribution in [-0.4, -0.2) is 33.0 Å². The van der Waals surface area contributed by atoms with Gasteiger partial charge in [-0.1, -0.05) is 13.8 Å². The topological polar surface area (TPSA) is 64.3 Å². The van der Waals surface area contributed by atoms with E-state index < -0.39 is 0 Å². The van der Waals surface area contributed by atoms with Crippen molar-refractivity contribution in [3.8, 4) is 5.75 Å². The number of hydrogen-bond acceptors (Lipinski definition) is 5. The lowest BCUT2D eigenvalue weighted by atomic mass is 10.1. The molecular weight excluding hydrogens is 297 g/mol. The number of anilines is 1. The second kappa shape index (κ2) is 6.60. The summed E-state index contributed by atoms with van der Waals surface area (Å²) in [4.78, 5) is 0. The number of ether oxygens (including phenoxy) is 1. The number of hydrogen-bond donors (Lipinski definition) is 1. The third kappa shape index (κ3) is 3.56. The van der Waals surface area contributed by atoms with Crippen molar-refractivity contribution in [2.45, 2.75) is 19.8 Å². The Bertz CT molecular complexity index is 785. The van der Waals surface area contributed by atoms with Crippen LogP contribution in [-0.2, 0) is 0 Å².